The zero-order chi connectivity index (χ0) is 6.10. The number of hydrogen-bond donors (Lipinski definition) is 0. The standard InChI is InChI=1S/C5H8O2S2/c1-2-8-9-3-6-5-4(1)7-5/h4-5H,1-3H2. The highest BCUT2D eigenvalue weighted by atomic mass is 33.1. The van der Waals surface area contributed by atoms with Crippen LogP contribution in [0.3, 0.4) is 0 Å². The van der Waals surface area contributed by atoms with Crippen LogP contribution in [0.4, 0.5) is 0 Å². The SMILES string of the molecule is C1CC2OC2OCSS1. The molecular weight excluding hydrogens is 156 g/mol. The zero-order valence-electron chi connectivity index (χ0n) is 4.91. The molecule has 9 heavy (non-hydrogen) atoms. The fourth-order valence-electron chi connectivity index (χ4n) is 0.830. The first kappa shape index (κ1) is 6.34. The van der Waals surface area contributed by atoms with E-state index in [0.717, 1.165) is 12.4 Å². The van der Waals surface area contributed by atoms with E-state index in [1.54, 1.807) is 10.8 Å². The lowest BCUT2D eigenvalue weighted by molar-refractivity contribution is 0.0844. The molecule has 2 unspecified atom stereocenters. The first-order valence-corrected chi connectivity index (χ1v) is 5.47. The van der Waals surface area contributed by atoms with Gasteiger partial charge in [-0.2, -0.15) is 0 Å². The van der Waals surface area contributed by atoms with Crippen LogP contribution in [0.15, 0.2) is 0 Å². The molecule has 52 valence electrons. The monoisotopic (exact) mass is 164 g/mol. The Kier molecular flexibility index (Phi) is 1.90. The summed E-state index contributed by atoms with van der Waals surface area (Å²) in [5.74, 6) is 1.99. The topological polar surface area (TPSA) is 21.8 Å². The molecule has 0 aromatic heterocycles. The van der Waals surface area contributed by atoms with Gasteiger partial charge in [0.2, 0.25) is 0 Å². The summed E-state index contributed by atoms with van der Waals surface area (Å²) in [5, 5.41) is 0. The molecule has 2 nitrogen and oxygen atoms in total. The maximum atomic E-state index is 5.28. The molecule has 0 aliphatic carbocycles. The van der Waals surface area contributed by atoms with E-state index in [1.165, 1.54) is 5.75 Å². The summed E-state index contributed by atoms with van der Waals surface area (Å²) in [5.41, 5.74) is 0. The minimum Gasteiger partial charge on any atom is -0.341 e. The molecule has 2 aliphatic heterocycles. The largest absolute Gasteiger partial charge is 0.341 e. The first-order valence-electron chi connectivity index (χ1n) is 2.98. The Morgan fingerprint density at radius 3 is 3.33 bits per heavy atom. The highest BCUT2D eigenvalue weighted by molar-refractivity contribution is 8.76. The second-order valence-corrected chi connectivity index (χ2v) is 4.59. The molecule has 0 aromatic carbocycles. The van der Waals surface area contributed by atoms with Gasteiger partial charge in [0, 0.05) is 5.75 Å². The normalized spacial score (nSPS) is 42.7. The van der Waals surface area contributed by atoms with E-state index >= 15 is 0 Å². The molecule has 2 atom stereocenters. The zero-order valence-corrected chi connectivity index (χ0v) is 6.54. The van der Waals surface area contributed by atoms with E-state index in [-0.39, 0.29) is 6.29 Å². The summed E-state index contributed by atoms with van der Waals surface area (Å²) in [7, 11) is 3.65. The van der Waals surface area contributed by atoms with Crippen molar-refractivity contribution in [3.8, 4) is 0 Å². The number of fused-ring (bicyclic) bond motifs is 1. The predicted octanol–water partition coefficient (Wildman–Crippen LogP) is 1.47. The predicted molar refractivity (Wildman–Crippen MR) is 39.3 cm³/mol. The molecule has 0 saturated carbocycles. The van der Waals surface area contributed by atoms with Crippen LogP contribution in [0.2, 0.25) is 0 Å². The van der Waals surface area contributed by atoms with E-state index in [0.29, 0.717) is 6.10 Å². The lowest BCUT2D eigenvalue weighted by Crippen LogP contribution is -2.02. The van der Waals surface area contributed by atoms with Gasteiger partial charge in [0.05, 0.1) is 0 Å². The van der Waals surface area contributed by atoms with E-state index in [1.807, 2.05) is 10.8 Å². The van der Waals surface area contributed by atoms with Crippen LogP contribution < -0.4 is 0 Å². The third-order valence-corrected chi connectivity index (χ3v) is 3.48. The molecular formula is C5H8O2S2. The van der Waals surface area contributed by atoms with Gasteiger partial charge in [-0.25, -0.2) is 0 Å². The van der Waals surface area contributed by atoms with Crippen molar-refractivity contribution in [1.29, 1.82) is 0 Å². The molecule has 4 heteroatoms. The summed E-state index contributed by atoms with van der Waals surface area (Å²) in [6.45, 7) is 0. The minimum atomic E-state index is 0.151. The van der Waals surface area contributed by atoms with E-state index < -0.39 is 0 Å². The van der Waals surface area contributed by atoms with Crippen molar-refractivity contribution in [3.05, 3.63) is 0 Å². The molecule has 2 aliphatic rings. The Morgan fingerprint density at radius 1 is 1.33 bits per heavy atom. The van der Waals surface area contributed by atoms with Crippen molar-refractivity contribution >= 4 is 21.6 Å². The molecule has 0 spiro atoms. The van der Waals surface area contributed by atoms with Gasteiger partial charge in [0.15, 0.2) is 6.29 Å². The first-order chi connectivity index (χ1) is 4.47. The molecule has 0 radical (unpaired) electrons. The second kappa shape index (κ2) is 2.70. The maximum absolute atomic E-state index is 5.28. The quantitative estimate of drug-likeness (QED) is 0.399. The summed E-state index contributed by atoms with van der Waals surface area (Å²) in [4.78, 5) is 0. The lowest BCUT2D eigenvalue weighted by atomic mass is 10.3. The van der Waals surface area contributed by atoms with Crippen molar-refractivity contribution in [1.82, 2.24) is 0 Å². The fourth-order valence-corrected chi connectivity index (χ4v) is 2.55. The lowest BCUT2D eigenvalue weighted by Gasteiger charge is -2.02. The van der Waals surface area contributed by atoms with Crippen molar-refractivity contribution in [2.24, 2.45) is 0 Å². The Hall–Kier alpha value is 0.620. The van der Waals surface area contributed by atoms with Gasteiger partial charge < -0.3 is 9.47 Å². The fraction of sp³-hybridized carbons (Fsp3) is 1.00. The second-order valence-electron chi connectivity index (χ2n) is 2.06. The molecule has 2 heterocycles. The summed E-state index contributed by atoms with van der Waals surface area (Å²) < 4.78 is 10.5. The Morgan fingerprint density at radius 2 is 2.33 bits per heavy atom. The average Bonchev–Trinajstić information content (AvgIpc) is 2.46. The smallest absolute Gasteiger partial charge is 0.185 e. The van der Waals surface area contributed by atoms with Gasteiger partial charge in [-0.3, -0.25) is 0 Å². The molecule has 0 aromatic rings. The van der Waals surface area contributed by atoms with Crippen molar-refractivity contribution in [3.63, 3.8) is 0 Å². The summed E-state index contributed by atoms with van der Waals surface area (Å²) >= 11 is 0. The average molecular weight is 164 g/mol. The number of hydrogen-bond acceptors (Lipinski definition) is 4. The van der Waals surface area contributed by atoms with Crippen LogP contribution in [0.25, 0.3) is 0 Å². The van der Waals surface area contributed by atoms with Crippen LogP contribution in [-0.4, -0.2) is 24.1 Å². The van der Waals surface area contributed by atoms with Gasteiger partial charge in [-0.1, -0.05) is 21.6 Å². The van der Waals surface area contributed by atoms with Crippen LogP contribution in [0, 0.1) is 0 Å². The van der Waals surface area contributed by atoms with Gasteiger partial charge in [-0.15, -0.1) is 0 Å². The molecule has 2 saturated heterocycles. The Bertz CT molecular complexity index is 97.1. The Balaban J connectivity index is 1.81. The van der Waals surface area contributed by atoms with Crippen LogP contribution in [-0.2, 0) is 9.47 Å². The third-order valence-electron chi connectivity index (χ3n) is 1.39. The summed E-state index contributed by atoms with van der Waals surface area (Å²) in [6.07, 6.45) is 1.74. The highest BCUT2D eigenvalue weighted by Crippen LogP contribution is 2.35. The maximum Gasteiger partial charge on any atom is 0.185 e. The van der Waals surface area contributed by atoms with Crippen molar-refractivity contribution < 1.29 is 9.47 Å². The number of rotatable bonds is 0. The van der Waals surface area contributed by atoms with E-state index in [9.17, 15) is 0 Å². The van der Waals surface area contributed by atoms with Crippen LogP contribution in [0.5, 0.6) is 0 Å². The third kappa shape index (κ3) is 1.55. The molecule has 0 N–H and O–H groups in total. The van der Waals surface area contributed by atoms with Gasteiger partial charge >= 0.3 is 0 Å². The van der Waals surface area contributed by atoms with Crippen molar-refractivity contribution in [2.75, 3.05) is 11.7 Å². The molecule has 2 fully saturated rings. The Labute approximate surface area is 62.1 Å². The molecule has 0 amide bonds. The van der Waals surface area contributed by atoms with Gasteiger partial charge in [0.25, 0.3) is 0 Å². The highest BCUT2D eigenvalue weighted by Gasteiger charge is 2.40. The number of epoxide rings is 1. The van der Waals surface area contributed by atoms with Gasteiger partial charge in [0.1, 0.15) is 12.0 Å². The number of ether oxygens (including phenoxy) is 2. The molecule has 0 bridgehead atoms. The van der Waals surface area contributed by atoms with Crippen LogP contribution in [0.1, 0.15) is 6.42 Å². The van der Waals surface area contributed by atoms with Crippen molar-refractivity contribution in [2.45, 2.75) is 18.8 Å². The van der Waals surface area contributed by atoms with Crippen LogP contribution >= 0.6 is 21.6 Å². The van der Waals surface area contributed by atoms with E-state index in [4.69, 9.17) is 9.47 Å². The van der Waals surface area contributed by atoms with E-state index in [2.05, 4.69) is 0 Å². The molecule has 2 rings (SSSR count). The summed E-state index contributed by atoms with van der Waals surface area (Å²) in [6, 6.07) is 0. The van der Waals surface area contributed by atoms with Gasteiger partial charge in [-0.05, 0) is 6.42 Å². The minimum absolute atomic E-state index is 0.151.